The van der Waals surface area contributed by atoms with Crippen molar-refractivity contribution in [3.8, 4) is 11.1 Å². The van der Waals surface area contributed by atoms with Crippen LogP contribution in [0.15, 0.2) is 35.9 Å². The molecule has 1 aliphatic rings. The fourth-order valence-corrected chi connectivity index (χ4v) is 7.58. The monoisotopic (exact) mass is 424 g/mol. The van der Waals surface area contributed by atoms with Crippen molar-refractivity contribution in [1.29, 1.82) is 0 Å². The van der Waals surface area contributed by atoms with Gasteiger partial charge in [-0.2, -0.15) is 11.1 Å². The molecule has 0 saturated heterocycles. The van der Waals surface area contributed by atoms with E-state index in [1.165, 1.54) is 44.5 Å². The first-order valence-corrected chi connectivity index (χ1v) is 14.9. The van der Waals surface area contributed by atoms with E-state index in [4.69, 9.17) is 11.1 Å². The molecular formula is C27H37ClSi. The van der Waals surface area contributed by atoms with Crippen LogP contribution in [-0.4, -0.2) is 7.38 Å². The second kappa shape index (κ2) is 7.13. The molecule has 0 bridgehead atoms. The Hall–Kier alpha value is -1.31. The van der Waals surface area contributed by atoms with Gasteiger partial charge in [-0.3, -0.25) is 0 Å². The smallest absolute Gasteiger partial charge is 0.161 e. The zero-order valence-electron chi connectivity index (χ0n) is 19.9. The zero-order chi connectivity index (χ0) is 21.9. The van der Waals surface area contributed by atoms with Crippen molar-refractivity contribution in [1.82, 2.24) is 0 Å². The van der Waals surface area contributed by atoms with Gasteiger partial charge in [-0.25, -0.2) is 0 Å². The number of hydrogen-bond acceptors (Lipinski definition) is 0. The SMILES string of the molecule is CC1=Cc2c(C)ccc(-c3cc(C(C)(C)C)cc(C(C)(C)C)c3)c2C1[Si](C)(C)Cl. The molecule has 0 spiro atoms. The van der Waals surface area contributed by atoms with Crippen LogP contribution in [-0.2, 0) is 10.8 Å². The van der Waals surface area contributed by atoms with Gasteiger partial charge in [0.25, 0.3) is 0 Å². The number of hydrogen-bond donors (Lipinski definition) is 0. The van der Waals surface area contributed by atoms with Crippen molar-refractivity contribution in [2.24, 2.45) is 0 Å². The van der Waals surface area contributed by atoms with E-state index < -0.39 is 7.38 Å². The summed E-state index contributed by atoms with van der Waals surface area (Å²) in [5.74, 6) is 0. The van der Waals surface area contributed by atoms with E-state index in [2.05, 4.69) is 105 Å². The number of halogens is 1. The van der Waals surface area contributed by atoms with Crippen LogP contribution in [0.3, 0.4) is 0 Å². The molecular weight excluding hydrogens is 388 g/mol. The molecule has 2 heteroatoms. The van der Waals surface area contributed by atoms with E-state index in [1.54, 1.807) is 0 Å². The van der Waals surface area contributed by atoms with Crippen LogP contribution in [0.5, 0.6) is 0 Å². The molecule has 0 fully saturated rings. The third-order valence-electron chi connectivity index (χ3n) is 6.28. The summed E-state index contributed by atoms with van der Waals surface area (Å²) < 4.78 is 0. The van der Waals surface area contributed by atoms with Crippen LogP contribution < -0.4 is 0 Å². The fraction of sp³-hybridized carbons (Fsp3) is 0.481. The Balaban J connectivity index is 2.34. The predicted molar refractivity (Wildman–Crippen MR) is 134 cm³/mol. The Morgan fingerprint density at radius 2 is 1.34 bits per heavy atom. The number of benzene rings is 2. The van der Waals surface area contributed by atoms with Crippen LogP contribution in [0.4, 0.5) is 0 Å². The van der Waals surface area contributed by atoms with Crippen molar-refractivity contribution in [2.45, 2.75) is 84.9 Å². The molecule has 3 rings (SSSR count). The summed E-state index contributed by atoms with van der Waals surface area (Å²) in [4.78, 5) is 0. The second-order valence-corrected chi connectivity index (χ2v) is 18.1. The van der Waals surface area contributed by atoms with Crippen molar-refractivity contribution in [2.75, 3.05) is 0 Å². The van der Waals surface area contributed by atoms with E-state index in [1.807, 2.05) is 0 Å². The van der Waals surface area contributed by atoms with E-state index >= 15 is 0 Å². The summed E-state index contributed by atoms with van der Waals surface area (Å²) in [7, 11) is -1.92. The normalized spacial score (nSPS) is 17.3. The quantitative estimate of drug-likeness (QED) is 0.333. The average molecular weight is 425 g/mol. The van der Waals surface area contributed by atoms with Gasteiger partial charge in [0, 0.05) is 5.54 Å². The highest BCUT2D eigenvalue weighted by atomic mass is 35.6. The minimum atomic E-state index is -1.92. The third kappa shape index (κ3) is 4.27. The number of fused-ring (bicyclic) bond motifs is 1. The molecule has 0 N–H and O–H groups in total. The molecule has 1 atom stereocenters. The highest BCUT2D eigenvalue weighted by Crippen LogP contribution is 2.49. The first-order chi connectivity index (χ1) is 13.1. The van der Waals surface area contributed by atoms with Crippen molar-refractivity contribution >= 4 is 24.5 Å². The van der Waals surface area contributed by atoms with Crippen LogP contribution in [0, 0.1) is 6.92 Å². The lowest BCUT2D eigenvalue weighted by atomic mass is 9.78. The minimum Gasteiger partial charge on any atom is -0.167 e. The summed E-state index contributed by atoms with van der Waals surface area (Å²) in [5.41, 5.74) is 11.7. The maximum atomic E-state index is 7.08. The standard InChI is InChI=1S/C27H37ClSi/c1-17-11-12-22(24-23(17)13-18(2)25(24)29(9,10)28)19-14-20(26(3,4)5)16-21(15-19)27(6,7)8/h11-16,25H,1-10H3. The highest BCUT2D eigenvalue weighted by molar-refractivity contribution is 7.20. The number of rotatable bonds is 2. The molecule has 0 nitrogen and oxygen atoms in total. The lowest BCUT2D eigenvalue weighted by molar-refractivity contribution is 0.569. The van der Waals surface area contributed by atoms with E-state index in [-0.39, 0.29) is 10.8 Å². The summed E-state index contributed by atoms with van der Waals surface area (Å²) >= 11 is 7.08. The van der Waals surface area contributed by atoms with Crippen LogP contribution in [0.2, 0.25) is 13.1 Å². The van der Waals surface area contributed by atoms with Gasteiger partial charge in [0.1, 0.15) is 0 Å². The average Bonchev–Trinajstić information content (AvgIpc) is 2.91. The molecule has 0 amide bonds. The molecule has 0 saturated carbocycles. The summed E-state index contributed by atoms with van der Waals surface area (Å²) in [5, 5.41) is 0. The van der Waals surface area contributed by atoms with Gasteiger partial charge >= 0.3 is 0 Å². The fourth-order valence-electron chi connectivity index (χ4n) is 4.57. The predicted octanol–water partition coefficient (Wildman–Crippen LogP) is 8.74. The maximum Gasteiger partial charge on any atom is 0.161 e. The van der Waals surface area contributed by atoms with Gasteiger partial charge in [0.15, 0.2) is 7.38 Å². The highest BCUT2D eigenvalue weighted by Gasteiger charge is 2.39. The lowest BCUT2D eigenvalue weighted by Gasteiger charge is -2.29. The third-order valence-corrected chi connectivity index (χ3v) is 9.06. The summed E-state index contributed by atoms with van der Waals surface area (Å²) in [6.07, 6.45) is 2.38. The van der Waals surface area contributed by atoms with Gasteiger partial charge < -0.3 is 0 Å². The van der Waals surface area contributed by atoms with Gasteiger partial charge in [-0.15, -0.1) is 0 Å². The molecule has 156 valence electrons. The minimum absolute atomic E-state index is 0.109. The molecule has 29 heavy (non-hydrogen) atoms. The number of aryl methyl sites for hydroxylation is 1. The van der Waals surface area contributed by atoms with Crippen molar-refractivity contribution < 1.29 is 0 Å². The van der Waals surface area contributed by atoms with Crippen LogP contribution >= 0.6 is 11.1 Å². The Morgan fingerprint density at radius 1 is 0.828 bits per heavy atom. The van der Waals surface area contributed by atoms with E-state index in [0.717, 1.165) is 0 Å². The molecule has 2 aromatic carbocycles. The Labute approximate surface area is 184 Å². The van der Waals surface area contributed by atoms with Crippen molar-refractivity contribution in [3.63, 3.8) is 0 Å². The van der Waals surface area contributed by atoms with E-state index in [9.17, 15) is 0 Å². The van der Waals surface area contributed by atoms with Gasteiger partial charge in [0.05, 0.1) is 0 Å². The molecule has 1 aliphatic carbocycles. The van der Waals surface area contributed by atoms with Gasteiger partial charge in [0.2, 0.25) is 0 Å². The summed E-state index contributed by atoms with van der Waals surface area (Å²) in [6.45, 7) is 22.9. The second-order valence-electron chi connectivity index (χ2n) is 11.4. The Kier molecular flexibility index (Phi) is 5.50. The van der Waals surface area contributed by atoms with Gasteiger partial charge in [-0.1, -0.05) is 96.6 Å². The topological polar surface area (TPSA) is 0 Å². The summed E-state index contributed by atoms with van der Waals surface area (Å²) in [6, 6.07) is 11.8. The Morgan fingerprint density at radius 3 is 1.79 bits per heavy atom. The van der Waals surface area contributed by atoms with E-state index in [0.29, 0.717) is 5.54 Å². The van der Waals surface area contributed by atoms with Crippen LogP contribution in [0.25, 0.3) is 17.2 Å². The first kappa shape index (κ1) is 22.4. The molecule has 0 radical (unpaired) electrons. The molecule has 1 unspecified atom stereocenters. The molecule has 0 aromatic heterocycles. The van der Waals surface area contributed by atoms with Gasteiger partial charge in [-0.05, 0) is 63.6 Å². The zero-order valence-corrected chi connectivity index (χ0v) is 21.7. The lowest BCUT2D eigenvalue weighted by Crippen LogP contribution is -2.28. The number of allylic oxidation sites excluding steroid dienone is 1. The Bertz CT molecular complexity index is 943. The molecule has 0 aliphatic heterocycles. The molecule has 2 aromatic rings. The first-order valence-electron chi connectivity index (χ1n) is 10.8. The van der Waals surface area contributed by atoms with Crippen LogP contribution in [0.1, 0.15) is 81.8 Å². The maximum absolute atomic E-state index is 7.08. The largest absolute Gasteiger partial charge is 0.167 e. The van der Waals surface area contributed by atoms with Crippen molar-refractivity contribution in [3.05, 3.63) is 63.7 Å². The molecule has 0 heterocycles.